The monoisotopic (exact) mass is 418 g/mol. The molecule has 0 bridgehead atoms. The molecule has 3 rings (SSSR count). The van der Waals surface area contributed by atoms with Crippen molar-refractivity contribution in [2.45, 2.75) is 0 Å². The molecule has 0 spiro atoms. The number of hydrogen-bond acceptors (Lipinski definition) is 2. The molecule has 108 valence electrons. The Balaban J connectivity index is 1.56. The summed E-state index contributed by atoms with van der Waals surface area (Å²) in [6, 6.07) is 11.9. The van der Waals surface area contributed by atoms with Crippen LogP contribution in [0.3, 0.4) is 0 Å². The Morgan fingerprint density at radius 3 is 2.23 bits per heavy atom. The molecule has 2 aromatic heterocycles. The van der Waals surface area contributed by atoms with E-state index in [1.54, 1.807) is 3.37 Å². The van der Waals surface area contributed by atoms with Crippen LogP contribution in [0.4, 0.5) is 0 Å². The molecule has 0 fully saturated rings. The van der Waals surface area contributed by atoms with Gasteiger partial charge in [-0.2, -0.15) is 0 Å². The molecule has 2 nitrogen and oxygen atoms in total. The third-order valence-corrected chi connectivity index (χ3v) is 8.80. The van der Waals surface area contributed by atoms with Crippen LogP contribution in [0.15, 0.2) is 79.8 Å². The average molecular weight is 416 g/mol. The molecule has 1 aliphatic heterocycles. The summed E-state index contributed by atoms with van der Waals surface area (Å²) < 4.78 is 2.99. The Labute approximate surface area is 143 Å². The predicted octanol–water partition coefficient (Wildman–Crippen LogP) is 3.31. The minimum absolute atomic E-state index is 0.444. The van der Waals surface area contributed by atoms with Crippen molar-refractivity contribution in [3.63, 3.8) is 0 Å². The first-order valence-electron chi connectivity index (χ1n) is 6.83. The molecular formula is C18H14N2Se2. The summed E-state index contributed by atoms with van der Waals surface area (Å²) in [6.07, 6.45) is 14.3. The van der Waals surface area contributed by atoms with E-state index in [9.17, 15) is 0 Å². The number of rotatable bonds is 4. The summed E-state index contributed by atoms with van der Waals surface area (Å²) in [5.74, 6) is 0. The first-order valence-corrected chi connectivity index (χ1v) is 10.4. The molecule has 0 amide bonds. The van der Waals surface area contributed by atoms with E-state index in [2.05, 4.69) is 45.3 Å². The number of nitrogens with zero attached hydrogens (tertiary/aromatic N) is 2. The zero-order valence-corrected chi connectivity index (χ0v) is 15.2. The van der Waals surface area contributed by atoms with E-state index < -0.39 is 0 Å². The summed E-state index contributed by atoms with van der Waals surface area (Å²) in [4.78, 5) is 11.0. The standard InChI is InChI=1S/C18H14N2Se2/c1-3-12-19-15(6-1)8-5-9-18-21-14-17(22-18)11-10-16-7-2-4-13-20-16/h1-14H/b8-5+,11-10+,18-9-. The van der Waals surface area contributed by atoms with Crippen molar-refractivity contribution in [1.29, 1.82) is 0 Å². The average Bonchev–Trinajstić information content (AvgIpc) is 3.03. The Morgan fingerprint density at radius 2 is 1.55 bits per heavy atom. The van der Waals surface area contributed by atoms with Gasteiger partial charge < -0.3 is 0 Å². The summed E-state index contributed by atoms with van der Waals surface area (Å²) in [5.41, 5.74) is 2.01. The predicted molar refractivity (Wildman–Crippen MR) is 94.2 cm³/mol. The fraction of sp³-hybridized carbons (Fsp3) is 0. The third-order valence-electron chi connectivity index (χ3n) is 2.80. The van der Waals surface area contributed by atoms with Crippen molar-refractivity contribution in [2.75, 3.05) is 0 Å². The molecule has 0 N–H and O–H groups in total. The second-order valence-electron chi connectivity index (χ2n) is 4.43. The molecule has 3 heterocycles. The molecule has 1 aliphatic rings. The van der Waals surface area contributed by atoms with Crippen molar-refractivity contribution in [1.82, 2.24) is 9.97 Å². The van der Waals surface area contributed by atoms with Crippen molar-refractivity contribution in [3.05, 3.63) is 91.2 Å². The van der Waals surface area contributed by atoms with Crippen LogP contribution in [0.2, 0.25) is 0 Å². The first kappa shape index (κ1) is 15.2. The van der Waals surface area contributed by atoms with Crippen LogP contribution in [-0.4, -0.2) is 39.9 Å². The van der Waals surface area contributed by atoms with Gasteiger partial charge >= 0.3 is 143 Å². The molecule has 0 saturated heterocycles. The SMILES string of the molecule is C1=C(/C=C/c2ccccn2)[Se]/C(=C\C=C\c2ccccn2)[Se]1. The van der Waals surface area contributed by atoms with Gasteiger partial charge in [-0.1, -0.05) is 0 Å². The Kier molecular flexibility index (Phi) is 5.58. The fourth-order valence-electron chi connectivity index (χ4n) is 1.77. The van der Waals surface area contributed by atoms with E-state index >= 15 is 0 Å². The zero-order valence-electron chi connectivity index (χ0n) is 11.8. The summed E-state index contributed by atoms with van der Waals surface area (Å²) >= 11 is 0.929. The second-order valence-corrected chi connectivity index (χ2v) is 9.99. The van der Waals surface area contributed by atoms with Crippen LogP contribution in [0.25, 0.3) is 12.2 Å². The normalized spacial score (nSPS) is 16.7. The van der Waals surface area contributed by atoms with Gasteiger partial charge in [-0.15, -0.1) is 0 Å². The number of allylic oxidation sites excluding steroid dienone is 4. The van der Waals surface area contributed by atoms with E-state index in [4.69, 9.17) is 0 Å². The van der Waals surface area contributed by atoms with Crippen LogP contribution < -0.4 is 0 Å². The van der Waals surface area contributed by atoms with Gasteiger partial charge in [0.05, 0.1) is 0 Å². The number of aromatic nitrogens is 2. The van der Waals surface area contributed by atoms with Gasteiger partial charge in [-0.25, -0.2) is 0 Å². The maximum absolute atomic E-state index is 4.31. The molecule has 0 aromatic carbocycles. The first-order chi connectivity index (χ1) is 10.9. The van der Waals surface area contributed by atoms with Crippen LogP contribution in [0.1, 0.15) is 11.4 Å². The Morgan fingerprint density at radius 1 is 0.818 bits per heavy atom. The van der Waals surface area contributed by atoms with Gasteiger partial charge in [0.25, 0.3) is 0 Å². The summed E-state index contributed by atoms with van der Waals surface area (Å²) in [6.45, 7) is 0. The van der Waals surface area contributed by atoms with Gasteiger partial charge in [0.15, 0.2) is 0 Å². The van der Waals surface area contributed by atoms with Crippen LogP contribution >= 0.6 is 0 Å². The molecule has 2 aromatic rings. The molecule has 0 saturated carbocycles. The zero-order chi connectivity index (χ0) is 15.0. The van der Waals surface area contributed by atoms with Gasteiger partial charge in [0.2, 0.25) is 0 Å². The molecule has 4 heteroatoms. The van der Waals surface area contributed by atoms with E-state index in [-0.39, 0.29) is 0 Å². The summed E-state index contributed by atoms with van der Waals surface area (Å²) in [5, 5.41) is 0. The van der Waals surface area contributed by atoms with Crippen LogP contribution in [0, 0.1) is 0 Å². The molecule has 0 atom stereocenters. The van der Waals surface area contributed by atoms with Gasteiger partial charge in [-0.3, -0.25) is 0 Å². The van der Waals surface area contributed by atoms with Crippen molar-refractivity contribution >= 4 is 42.1 Å². The molecule has 0 aliphatic carbocycles. The van der Waals surface area contributed by atoms with E-state index in [0.717, 1.165) is 11.4 Å². The van der Waals surface area contributed by atoms with Crippen molar-refractivity contribution < 1.29 is 0 Å². The maximum atomic E-state index is 4.31. The molecule has 0 radical (unpaired) electrons. The Hall–Kier alpha value is -1.70. The quantitative estimate of drug-likeness (QED) is 0.715. The van der Waals surface area contributed by atoms with Crippen LogP contribution in [-0.2, 0) is 0 Å². The van der Waals surface area contributed by atoms with Gasteiger partial charge in [-0.05, 0) is 0 Å². The van der Waals surface area contributed by atoms with Gasteiger partial charge in [0.1, 0.15) is 0 Å². The fourth-order valence-corrected chi connectivity index (χ4v) is 7.18. The number of pyridine rings is 2. The molecule has 0 unspecified atom stereocenters. The van der Waals surface area contributed by atoms with E-state index in [1.165, 1.54) is 4.47 Å². The van der Waals surface area contributed by atoms with Crippen LogP contribution in [0.5, 0.6) is 0 Å². The minimum atomic E-state index is 0.444. The number of hydrogen-bond donors (Lipinski definition) is 0. The summed E-state index contributed by atoms with van der Waals surface area (Å²) in [7, 11) is 0. The topological polar surface area (TPSA) is 25.8 Å². The van der Waals surface area contributed by atoms with Crippen molar-refractivity contribution in [3.8, 4) is 0 Å². The molecule has 22 heavy (non-hydrogen) atoms. The third kappa shape index (κ3) is 4.65. The Bertz CT molecular complexity index is 732. The van der Waals surface area contributed by atoms with Crippen molar-refractivity contribution in [2.24, 2.45) is 0 Å². The van der Waals surface area contributed by atoms with E-state index in [1.807, 2.05) is 48.8 Å². The van der Waals surface area contributed by atoms with Gasteiger partial charge in [0, 0.05) is 0 Å². The van der Waals surface area contributed by atoms with E-state index in [0.29, 0.717) is 29.9 Å². The second kappa shape index (κ2) is 8.07. The molecular weight excluding hydrogens is 402 g/mol.